The molecule has 2 aromatic rings. The smallest absolute Gasteiger partial charge is 0.313 e. The minimum atomic E-state index is -0.859. The number of aromatic nitrogens is 3. The fraction of sp³-hybridized carbons (Fsp3) is 0.462. The zero-order chi connectivity index (χ0) is 14.7. The lowest BCUT2D eigenvalue weighted by molar-refractivity contribution is -0.133. The fourth-order valence-corrected chi connectivity index (χ4v) is 3.08. The Labute approximate surface area is 126 Å². The summed E-state index contributed by atoms with van der Waals surface area (Å²) in [5.41, 5.74) is 1.46. The minimum Gasteiger partial charge on any atom is -0.481 e. The summed E-state index contributed by atoms with van der Waals surface area (Å²) in [7, 11) is 0. The van der Waals surface area contributed by atoms with Gasteiger partial charge in [-0.1, -0.05) is 36.7 Å². The number of halogens is 1. The second-order valence-corrected chi connectivity index (χ2v) is 5.96. The Morgan fingerprint density at radius 1 is 1.60 bits per heavy atom. The normalized spacial score (nSPS) is 12.8. The van der Waals surface area contributed by atoms with Gasteiger partial charge in [-0.15, -0.1) is 0 Å². The average Bonchev–Trinajstić information content (AvgIpc) is 2.74. The molecule has 0 amide bonds. The van der Waals surface area contributed by atoms with Crippen LogP contribution in [0.4, 0.5) is 0 Å². The van der Waals surface area contributed by atoms with E-state index in [2.05, 4.69) is 23.8 Å². The molecule has 0 saturated carbocycles. The fourth-order valence-electron chi connectivity index (χ4n) is 2.11. The van der Waals surface area contributed by atoms with E-state index >= 15 is 0 Å². The van der Waals surface area contributed by atoms with E-state index in [9.17, 15) is 4.79 Å². The van der Waals surface area contributed by atoms with E-state index in [-0.39, 0.29) is 11.8 Å². The van der Waals surface area contributed by atoms with E-state index in [4.69, 9.17) is 16.7 Å². The molecule has 0 bridgehead atoms. The average molecular weight is 314 g/mol. The zero-order valence-corrected chi connectivity index (χ0v) is 12.9. The number of pyridine rings is 1. The Morgan fingerprint density at radius 3 is 3.00 bits per heavy atom. The van der Waals surface area contributed by atoms with Crippen LogP contribution in [0.2, 0.25) is 5.02 Å². The van der Waals surface area contributed by atoms with Crippen LogP contribution in [0, 0.1) is 0 Å². The summed E-state index contributed by atoms with van der Waals surface area (Å²) in [6.45, 7) is 4.20. The molecule has 1 unspecified atom stereocenters. The molecule has 5 nitrogen and oxygen atoms in total. The maximum atomic E-state index is 10.8. The molecular weight excluding hydrogens is 298 g/mol. The van der Waals surface area contributed by atoms with Gasteiger partial charge in [0.15, 0.2) is 10.8 Å². The molecule has 2 heterocycles. The Balaban J connectivity index is 2.47. The van der Waals surface area contributed by atoms with Gasteiger partial charge < -0.3 is 9.67 Å². The van der Waals surface area contributed by atoms with Crippen LogP contribution in [0.25, 0.3) is 11.2 Å². The Bertz CT molecular complexity index is 629. The van der Waals surface area contributed by atoms with Crippen molar-refractivity contribution in [2.75, 3.05) is 5.75 Å². The number of carboxylic acid groups (broad SMARTS) is 1. The third-order valence-electron chi connectivity index (χ3n) is 2.94. The Hall–Kier alpha value is -1.27. The van der Waals surface area contributed by atoms with Crippen molar-refractivity contribution in [1.82, 2.24) is 14.5 Å². The summed E-state index contributed by atoms with van der Waals surface area (Å²) in [4.78, 5) is 19.6. The lowest BCUT2D eigenvalue weighted by atomic mass is 10.2. The molecule has 0 saturated heterocycles. The van der Waals surface area contributed by atoms with Gasteiger partial charge in [-0.05, 0) is 19.4 Å². The third-order valence-corrected chi connectivity index (χ3v) is 4.08. The molecule has 0 aliphatic carbocycles. The van der Waals surface area contributed by atoms with Gasteiger partial charge in [0.25, 0.3) is 0 Å². The number of hydrogen-bond donors (Lipinski definition) is 1. The van der Waals surface area contributed by atoms with Crippen molar-refractivity contribution in [3.63, 3.8) is 0 Å². The Kier molecular flexibility index (Phi) is 4.88. The van der Waals surface area contributed by atoms with Gasteiger partial charge >= 0.3 is 5.97 Å². The highest BCUT2D eigenvalue weighted by molar-refractivity contribution is 7.99. The van der Waals surface area contributed by atoms with Crippen molar-refractivity contribution in [3.05, 3.63) is 17.3 Å². The standard InChI is InChI=1S/C13H16ClN3O2S/c1-3-4-8(2)17-12-10(5-9(14)6-15-12)16-13(17)20-7-11(18)19/h5-6,8H,3-4,7H2,1-2H3,(H,18,19). The van der Waals surface area contributed by atoms with E-state index in [1.165, 1.54) is 11.8 Å². The first-order valence-electron chi connectivity index (χ1n) is 6.41. The van der Waals surface area contributed by atoms with Crippen molar-refractivity contribution in [2.24, 2.45) is 0 Å². The molecule has 108 valence electrons. The summed E-state index contributed by atoms with van der Waals surface area (Å²) in [5, 5.41) is 10.0. The molecule has 0 fully saturated rings. The van der Waals surface area contributed by atoms with E-state index in [0.29, 0.717) is 15.7 Å². The van der Waals surface area contributed by atoms with Crippen LogP contribution < -0.4 is 0 Å². The van der Waals surface area contributed by atoms with Gasteiger partial charge in [0.05, 0.1) is 10.8 Å². The predicted octanol–water partition coefficient (Wildman–Crippen LogP) is 3.62. The van der Waals surface area contributed by atoms with Crippen LogP contribution in [0.1, 0.15) is 32.7 Å². The number of hydrogen-bond acceptors (Lipinski definition) is 4. The molecule has 7 heteroatoms. The summed E-state index contributed by atoms with van der Waals surface area (Å²) in [5.74, 6) is -0.877. The Morgan fingerprint density at radius 2 is 2.35 bits per heavy atom. The number of imidazole rings is 1. The highest BCUT2D eigenvalue weighted by Gasteiger charge is 2.18. The first-order valence-corrected chi connectivity index (χ1v) is 7.77. The molecule has 0 radical (unpaired) electrons. The van der Waals surface area contributed by atoms with E-state index in [1.54, 1.807) is 12.3 Å². The van der Waals surface area contributed by atoms with Crippen LogP contribution in [0.3, 0.4) is 0 Å². The van der Waals surface area contributed by atoms with E-state index in [0.717, 1.165) is 18.5 Å². The summed E-state index contributed by atoms with van der Waals surface area (Å²) in [6.07, 6.45) is 3.61. The number of nitrogens with zero attached hydrogens (tertiary/aromatic N) is 3. The summed E-state index contributed by atoms with van der Waals surface area (Å²) in [6, 6.07) is 1.97. The van der Waals surface area contributed by atoms with Gasteiger partial charge in [0.2, 0.25) is 0 Å². The number of carboxylic acids is 1. The number of thioether (sulfide) groups is 1. The first kappa shape index (κ1) is 15.1. The van der Waals surface area contributed by atoms with E-state index in [1.807, 2.05) is 4.57 Å². The van der Waals surface area contributed by atoms with Crippen LogP contribution >= 0.6 is 23.4 Å². The highest BCUT2D eigenvalue weighted by atomic mass is 35.5. The quantitative estimate of drug-likeness (QED) is 0.825. The number of rotatable bonds is 6. The van der Waals surface area contributed by atoms with Gasteiger partial charge in [0.1, 0.15) is 5.52 Å². The first-order chi connectivity index (χ1) is 9.52. The number of aliphatic carboxylic acids is 1. The molecule has 0 spiro atoms. The monoisotopic (exact) mass is 313 g/mol. The van der Waals surface area contributed by atoms with Crippen molar-refractivity contribution in [2.45, 2.75) is 37.9 Å². The lowest BCUT2D eigenvalue weighted by Gasteiger charge is -2.15. The third kappa shape index (κ3) is 3.24. The number of fused-ring (bicyclic) bond motifs is 1. The molecule has 2 rings (SSSR count). The second-order valence-electron chi connectivity index (χ2n) is 4.58. The van der Waals surface area contributed by atoms with Crippen molar-refractivity contribution in [3.8, 4) is 0 Å². The van der Waals surface area contributed by atoms with Crippen LogP contribution in [-0.4, -0.2) is 31.4 Å². The SMILES string of the molecule is CCCC(C)n1c(SCC(=O)O)nc2cc(Cl)cnc21. The maximum Gasteiger partial charge on any atom is 0.313 e. The van der Waals surface area contributed by atoms with Gasteiger partial charge in [0, 0.05) is 12.2 Å². The zero-order valence-electron chi connectivity index (χ0n) is 11.3. The summed E-state index contributed by atoms with van der Waals surface area (Å²) < 4.78 is 2.00. The molecular formula is C13H16ClN3O2S. The minimum absolute atomic E-state index is 0.0180. The van der Waals surface area contributed by atoms with Crippen molar-refractivity contribution in [1.29, 1.82) is 0 Å². The lowest BCUT2D eigenvalue weighted by Crippen LogP contribution is -2.08. The van der Waals surface area contributed by atoms with Gasteiger partial charge in [-0.2, -0.15) is 0 Å². The van der Waals surface area contributed by atoms with Crippen LogP contribution in [0.5, 0.6) is 0 Å². The van der Waals surface area contributed by atoms with Crippen LogP contribution in [-0.2, 0) is 4.79 Å². The molecule has 1 atom stereocenters. The largest absolute Gasteiger partial charge is 0.481 e. The van der Waals surface area contributed by atoms with Crippen LogP contribution in [0.15, 0.2) is 17.4 Å². The summed E-state index contributed by atoms with van der Waals surface area (Å²) >= 11 is 7.15. The predicted molar refractivity (Wildman–Crippen MR) is 80.5 cm³/mol. The van der Waals surface area contributed by atoms with Crippen molar-refractivity contribution >= 4 is 40.5 Å². The highest BCUT2D eigenvalue weighted by Crippen LogP contribution is 2.29. The van der Waals surface area contributed by atoms with Crippen molar-refractivity contribution < 1.29 is 9.90 Å². The maximum absolute atomic E-state index is 10.8. The van der Waals surface area contributed by atoms with E-state index < -0.39 is 5.97 Å². The molecule has 1 N–H and O–H groups in total. The molecule has 20 heavy (non-hydrogen) atoms. The topological polar surface area (TPSA) is 68.0 Å². The molecule has 2 aromatic heterocycles. The molecule has 0 aromatic carbocycles. The van der Waals surface area contributed by atoms with Gasteiger partial charge in [-0.25, -0.2) is 9.97 Å². The second kappa shape index (κ2) is 6.45. The molecule has 0 aliphatic heterocycles. The number of carbonyl (C=O) groups is 1. The molecule has 0 aliphatic rings. The van der Waals surface area contributed by atoms with Gasteiger partial charge in [-0.3, -0.25) is 4.79 Å².